The van der Waals surface area contributed by atoms with Gasteiger partial charge in [0.15, 0.2) is 24.1 Å². The lowest BCUT2D eigenvalue weighted by molar-refractivity contribution is -0.319. The number of fused-ring (bicyclic) bond motifs is 1. The lowest BCUT2D eigenvalue weighted by atomic mass is 9.84. The van der Waals surface area contributed by atoms with E-state index in [1.54, 1.807) is 4.57 Å². The van der Waals surface area contributed by atoms with Crippen LogP contribution >= 0.6 is 0 Å². The minimum Gasteiger partial charge on any atom is -0.492 e. The first kappa shape index (κ1) is 43.9. The maximum Gasteiger partial charge on any atom is 0.344 e. The second-order valence-electron chi connectivity index (χ2n) is 16.6. The van der Waals surface area contributed by atoms with Gasteiger partial charge in [-0.3, -0.25) is 4.79 Å². The average Bonchev–Trinajstić information content (AvgIpc) is 4.04. The number of piperazine rings is 1. The third-order valence-electron chi connectivity index (χ3n) is 12.2. The summed E-state index contributed by atoms with van der Waals surface area (Å²) in [5.41, 5.74) is 30.3. The zero-order valence-electron chi connectivity index (χ0n) is 33.3. The predicted octanol–water partition coefficient (Wildman–Crippen LogP) is -3.45. The van der Waals surface area contributed by atoms with Crippen molar-refractivity contribution in [3.05, 3.63) is 33.9 Å². The fraction of sp³-hybridized carbons (Fsp3) is 0.737. The topological polar surface area (TPSA) is 321 Å². The number of pyridine rings is 1. The number of aromatic nitrogens is 1. The van der Waals surface area contributed by atoms with E-state index >= 15 is 4.39 Å². The lowest BCUT2D eigenvalue weighted by Crippen LogP contribution is -2.68. The Labute approximate surface area is 339 Å². The van der Waals surface area contributed by atoms with Gasteiger partial charge in [-0.15, -0.1) is 0 Å². The summed E-state index contributed by atoms with van der Waals surface area (Å²) in [7, 11) is 1.42. The molecule has 330 valence electrons. The molecule has 5 fully saturated rings. The normalized spacial score (nSPS) is 38.6. The number of anilines is 1. The van der Waals surface area contributed by atoms with Crippen molar-refractivity contribution in [1.29, 1.82) is 0 Å². The van der Waals surface area contributed by atoms with Crippen LogP contribution in [0.4, 0.5) is 10.1 Å². The Kier molecular flexibility index (Phi) is 13.2. The van der Waals surface area contributed by atoms with Gasteiger partial charge >= 0.3 is 5.97 Å². The van der Waals surface area contributed by atoms with Crippen LogP contribution in [0.2, 0.25) is 0 Å². The quantitative estimate of drug-likeness (QED) is 0.0984. The zero-order chi connectivity index (χ0) is 42.6. The van der Waals surface area contributed by atoms with Crippen LogP contribution in [-0.4, -0.2) is 162 Å². The number of ether oxygens (including phenoxy) is 6. The molecule has 20 nitrogen and oxygen atoms in total. The van der Waals surface area contributed by atoms with Crippen molar-refractivity contribution in [1.82, 2.24) is 9.88 Å². The molecule has 0 bridgehead atoms. The number of carbonyl (C=O) groups is 1. The number of esters is 1. The van der Waals surface area contributed by atoms with Crippen LogP contribution in [0.15, 0.2) is 17.1 Å². The highest BCUT2D eigenvalue weighted by atomic mass is 19.1. The lowest BCUT2D eigenvalue weighted by Gasteiger charge is -2.48. The first-order valence-electron chi connectivity index (χ1n) is 20.3. The molecule has 3 aliphatic heterocycles. The summed E-state index contributed by atoms with van der Waals surface area (Å²) in [4.78, 5) is 29.8. The van der Waals surface area contributed by atoms with Gasteiger partial charge in [0, 0.05) is 56.5 Å². The molecule has 59 heavy (non-hydrogen) atoms. The predicted molar refractivity (Wildman–Crippen MR) is 209 cm³/mol. The molecule has 4 heterocycles. The van der Waals surface area contributed by atoms with Gasteiger partial charge in [0.2, 0.25) is 5.43 Å². The molecule has 2 aromatic rings. The number of nitrogens with zero attached hydrogens (tertiary/aromatic N) is 2. The van der Waals surface area contributed by atoms with Gasteiger partial charge in [0.1, 0.15) is 54.0 Å². The summed E-state index contributed by atoms with van der Waals surface area (Å²) >= 11 is 0. The van der Waals surface area contributed by atoms with Gasteiger partial charge in [-0.05, 0) is 45.6 Å². The molecule has 1 aromatic heterocycles. The number of rotatable bonds is 11. The molecule has 21 heteroatoms. The van der Waals surface area contributed by atoms with Gasteiger partial charge in [-0.2, -0.15) is 0 Å². The summed E-state index contributed by atoms with van der Waals surface area (Å²) in [6, 6.07) is -2.73. The SMILES string of the molecule is COc1c(N2CCNC(C)C2)c(F)cc2c(=O)c(C(=O)OC(C)[C@H]3O[C@H](O[C@@H]4[C@@H](O)[C@H](O[C@H]5O[C@H](CN)[C@@H](O)C[C@H]5N)[C@@H](N)C[C@H]4N)[C@H](O)[C@@H](N)[C@@H]3O)cn(C3CC3)c12. The van der Waals surface area contributed by atoms with E-state index in [2.05, 4.69) is 5.32 Å². The molecule has 5 aliphatic rings. The standard InChI is InChI=1S/C38H59FN8O12/c1-14-12-46(7-6-45-14)27-19(39)8-17-26(35(27)54-3)47(16-4-5-16)13-18(28(17)49)36(53)55-15(2)32-29(50)25(44)30(51)38(57-32)59-34-21(42)9-20(41)33(31(34)52)58-37-22(43)10-23(48)24(11-40)56-37/h8,13-16,20-25,29-34,37-38,45,48,50-52H,4-7,9-12,40-44H2,1-3H3/t14?,15?,20-,21+,22+,23-,24+,25-,29-,30+,31-,32+,33+,34-,37+,38+/m0/s1. The number of carbonyl (C=O) groups excluding carboxylic acids is 1. The number of aliphatic hydroxyl groups excluding tert-OH is 4. The molecule has 7 rings (SSSR count). The first-order valence-corrected chi connectivity index (χ1v) is 20.3. The second-order valence-corrected chi connectivity index (χ2v) is 16.6. The minimum absolute atomic E-state index is 0.00484. The van der Waals surface area contributed by atoms with E-state index in [0.717, 1.165) is 18.9 Å². The average molecular weight is 839 g/mol. The Balaban J connectivity index is 1.10. The van der Waals surface area contributed by atoms with Crippen LogP contribution in [0, 0.1) is 5.82 Å². The molecular formula is C38H59FN8O12. The minimum atomic E-state index is -1.65. The van der Waals surface area contributed by atoms with Crippen molar-refractivity contribution in [2.24, 2.45) is 28.7 Å². The zero-order valence-corrected chi connectivity index (χ0v) is 33.3. The second kappa shape index (κ2) is 17.7. The van der Waals surface area contributed by atoms with Gasteiger partial charge in [-0.1, -0.05) is 0 Å². The number of hydrogen-bond acceptors (Lipinski definition) is 19. The number of benzene rings is 1. The number of methoxy groups -OCH3 is 1. The Hall–Kier alpha value is -3.13. The molecule has 3 saturated heterocycles. The van der Waals surface area contributed by atoms with E-state index in [1.165, 1.54) is 20.2 Å². The molecule has 0 spiro atoms. The van der Waals surface area contributed by atoms with E-state index in [9.17, 15) is 30.0 Å². The van der Waals surface area contributed by atoms with E-state index in [1.807, 2.05) is 11.8 Å². The van der Waals surface area contributed by atoms with E-state index < -0.39 is 109 Å². The molecular weight excluding hydrogens is 779 g/mol. The van der Waals surface area contributed by atoms with Gasteiger partial charge in [-0.25, -0.2) is 9.18 Å². The highest BCUT2D eigenvalue weighted by Gasteiger charge is 2.51. The summed E-state index contributed by atoms with van der Waals surface area (Å²) in [5, 5.41) is 47.2. The van der Waals surface area contributed by atoms with Crippen LogP contribution < -0.4 is 49.1 Å². The molecule has 1 aromatic carbocycles. The summed E-state index contributed by atoms with van der Waals surface area (Å²) in [5.74, 6) is -1.55. The summed E-state index contributed by atoms with van der Waals surface area (Å²) in [6.45, 7) is 5.05. The summed E-state index contributed by atoms with van der Waals surface area (Å²) in [6.07, 6.45) is -11.1. The molecule has 15 N–H and O–H groups in total. The van der Waals surface area contributed by atoms with Crippen molar-refractivity contribution in [3.8, 4) is 5.75 Å². The maximum absolute atomic E-state index is 16.0. The first-order chi connectivity index (χ1) is 28.0. The Morgan fingerprint density at radius 2 is 1.68 bits per heavy atom. The van der Waals surface area contributed by atoms with Gasteiger partial charge < -0.3 is 92.3 Å². The Morgan fingerprint density at radius 3 is 2.31 bits per heavy atom. The molecule has 0 amide bonds. The molecule has 2 aliphatic carbocycles. The molecule has 16 atom stereocenters. The van der Waals surface area contributed by atoms with Crippen LogP contribution in [0.1, 0.15) is 55.9 Å². The van der Waals surface area contributed by atoms with E-state index in [4.69, 9.17) is 57.1 Å². The summed E-state index contributed by atoms with van der Waals surface area (Å²) < 4.78 is 53.1. The highest BCUT2D eigenvalue weighted by Crippen LogP contribution is 2.44. The number of nitrogens with two attached hydrogens (primary N) is 5. The van der Waals surface area contributed by atoms with Crippen LogP contribution in [-0.2, 0) is 23.7 Å². The number of nitrogens with one attached hydrogen (secondary N) is 1. The third-order valence-corrected chi connectivity index (χ3v) is 12.2. The van der Waals surface area contributed by atoms with Crippen LogP contribution in [0.3, 0.4) is 0 Å². The van der Waals surface area contributed by atoms with Gasteiger partial charge in [0.25, 0.3) is 0 Å². The smallest absolute Gasteiger partial charge is 0.344 e. The van der Waals surface area contributed by atoms with Crippen molar-refractivity contribution in [2.45, 2.75) is 143 Å². The van der Waals surface area contributed by atoms with Crippen molar-refractivity contribution < 1.29 is 58.0 Å². The van der Waals surface area contributed by atoms with Crippen LogP contribution in [0.5, 0.6) is 5.75 Å². The van der Waals surface area contributed by atoms with E-state index in [-0.39, 0.29) is 53.9 Å². The molecule has 2 unspecified atom stereocenters. The van der Waals surface area contributed by atoms with Gasteiger partial charge in [0.05, 0.1) is 42.3 Å². The highest BCUT2D eigenvalue weighted by molar-refractivity contribution is 5.98. The monoisotopic (exact) mass is 838 g/mol. The van der Waals surface area contributed by atoms with Crippen molar-refractivity contribution >= 4 is 22.6 Å². The van der Waals surface area contributed by atoms with Crippen molar-refractivity contribution in [3.63, 3.8) is 0 Å². The maximum atomic E-state index is 16.0. The van der Waals surface area contributed by atoms with Crippen LogP contribution in [0.25, 0.3) is 10.9 Å². The fourth-order valence-corrected chi connectivity index (χ4v) is 8.77. The third kappa shape index (κ3) is 8.56. The number of aliphatic hydroxyl groups is 4. The number of hydrogen-bond donors (Lipinski definition) is 10. The van der Waals surface area contributed by atoms with E-state index in [0.29, 0.717) is 25.2 Å². The Bertz CT molecular complexity index is 1890. The number of halogens is 1. The molecule has 0 radical (unpaired) electrons. The Morgan fingerprint density at radius 1 is 1.00 bits per heavy atom. The van der Waals surface area contributed by atoms with Crippen molar-refractivity contribution in [2.75, 3.05) is 38.2 Å². The molecule has 2 saturated carbocycles. The fourth-order valence-electron chi connectivity index (χ4n) is 8.77. The largest absolute Gasteiger partial charge is 0.492 e.